The van der Waals surface area contributed by atoms with Gasteiger partial charge in [0, 0.05) is 85.0 Å². The van der Waals surface area contributed by atoms with Crippen LogP contribution < -0.4 is 26.4 Å². The number of carboxylic acid groups (broad SMARTS) is 1. The predicted molar refractivity (Wildman–Crippen MR) is 256 cm³/mol. The van der Waals surface area contributed by atoms with Crippen molar-refractivity contribution in [3.8, 4) is 34.2 Å². The molecule has 19 nitrogen and oxygen atoms in total. The lowest BCUT2D eigenvalue weighted by Crippen LogP contribution is -2.43. The first-order valence-electron chi connectivity index (χ1n) is 21.3. The number of ether oxygens (including phenoxy) is 2. The molecule has 1 unspecified atom stereocenters. The first-order chi connectivity index (χ1) is 33.5. The lowest BCUT2D eigenvalue weighted by atomic mass is 9.98. The summed E-state index contributed by atoms with van der Waals surface area (Å²) in [5, 5.41) is 27.1. The van der Waals surface area contributed by atoms with E-state index < -0.39 is 73.0 Å². The molecule has 24 heteroatoms. The van der Waals surface area contributed by atoms with Crippen LogP contribution in [0.5, 0.6) is 5.88 Å². The second-order valence-corrected chi connectivity index (χ2v) is 18.7. The normalized spacial score (nSPS) is 14.3. The first-order valence-corrected chi connectivity index (χ1v) is 24.2. The Morgan fingerprint density at radius 2 is 1.73 bits per heavy atom. The van der Waals surface area contributed by atoms with Gasteiger partial charge in [-0.3, -0.25) is 38.9 Å². The number of hydrogen-bond donors (Lipinski definition) is 5. The van der Waals surface area contributed by atoms with Crippen LogP contribution in [0.25, 0.3) is 33.2 Å². The van der Waals surface area contributed by atoms with Crippen molar-refractivity contribution < 1.29 is 52.1 Å². The monoisotopic (exact) mass is 1020 g/mol. The second kappa shape index (κ2) is 24.4. The number of fused-ring (bicyclic) bond motifs is 1. The summed E-state index contributed by atoms with van der Waals surface area (Å²) in [5.74, 6) is -7.23. The number of alkyl carbamates (subject to hydrolysis) is 1. The number of rotatable bonds is 22. The van der Waals surface area contributed by atoms with E-state index in [0.717, 1.165) is 39.4 Å². The van der Waals surface area contributed by atoms with Crippen molar-refractivity contribution in [1.29, 1.82) is 5.26 Å². The van der Waals surface area contributed by atoms with Crippen LogP contribution >= 0.6 is 33.2 Å². The average Bonchev–Trinajstić information content (AvgIpc) is 3.68. The van der Waals surface area contributed by atoms with Crippen LogP contribution in [0.4, 0.5) is 19.3 Å². The molecule has 0 aliphatic carbocycles. The number of alkyl halides is 2. The number of nitrogen functional groups attached to an aromatic ring is 1. The number of hydrogen-bond acceptors (Lipinski definition) is 16. The Balaban J connectivity index is 0.854. The van der Waals surface area contributed by atoms with Gasteiger partial charge in [-0.1, -0.05) is 45.3 Å². The molecule has 0 bridgehead atoms. The Hall–Kier alpha value is -7.16. The molecule has 1 aliphatic rings. The number of carbonyl (C=O) groups excluding carboxylic acids is 5. The topological polar surface area (TPSA) is 282 Å². The van der Waals surface area contributed by atoms with Gasteiger partial charge in [-0.25, -0.2) is 18.6 Å². The minimum absolute atomic E-state index is 0.0770. The van der Waals surface area contributed by atoms with Gasteiger partial charge in [-0.2, -0.15) is 5.26 Å². The Labute approximate surface area is 412 Å². The molecule has 5 aromatic rings. The maximum absolute atomic E-state index is 13.7. The van der Waals surface area contributed by atoms with E-state index in [4.69, 9.17) is 32.1 Å². The second-order valence-electron chi connectivity index (χ2n) is 15.7. The molecule has 1 fully saturated rings. The maximum atomic E-state index is 13.7. The summed E-state index contributed by atoms with van der Waals surface area (Å²) in [6.45, 7) is -1.63. The largest absolute Gasteiger partial charge is 0.481 e. The van der Waals surface area contributed by atoms with Gasteiger partial charge in [0.1, 0.15) is 18.4 Å². The number of carboxylic acids is 1. The van der Waals surface area contributed by atoms with Crippen molar-refractivity contribution in [1.82, 2.24) is 40.8 Å². The van der Waals surface area contributed by atoms with Gasteiger partial charge in [0.05, 0.1) is 71.9 Å². The molecule has 1 aromatic carbocycles. The van der Waals surface area contributed by atoms with Crippen LogP contribution in [-0.2, 0) is 37.1 Å². The number of nitrogens with two attached hydrogens (primary N) is 1. The number of nitrogens with zero attached hydrogens (tertiary/aromatic N) is 6. The lowest BCUT2D eigenvalue weighted by Gasteiger charge is -2.19. The predicted octanol–water partition coefficient (Wildman–Crippen LogP) is 5.85. The van der Waals surface area contributed by atoms with Gasteiger partial charge >= 0.3 is 12.1 Å². The van der Waals surface area contributed by atoms with Crippen molar-refractivity contribution in [2.45, 2.75) is 50.8 Å². The van der Waals surface area contributed by atoms with E-state index in [1.807, 2.05) is 30.3 Å². The Morgan fingerprint density at radius 1 is 0.957 bits per heavy atom. The Kier molecular flexibility index (Phi) is 18.2. The van der Waals surface area contributed by atoms with Gasteiger partial charge in [0.25, 0.3) is 11.8 Å². The molecule has 366 valence electrons. The smallest absolute Gasteiger partial charge is 0.407 e. The van der Waals surface area contributed by atoms with Gasteiger partial charge in [0.15, 0.2) is 0 Å². The number of nitriles is 1. The van der Waals surface area contributed by atoms with E-state index in [1.165, 1.54) is 34.8 Å². The molecule has 6 N–H and O–H groups in total. The molecule has 70 heavy (non-hydrogen) atoms. The standard InChI is InChI=1S/C46H45ClF2N10O9S2/c1-67-43-38(51)14-28(19-58-43)26-3-6-39-35(13-26)34(8-9-52-39)27-2-4-30(54-18-27)23-68-45(66)53-10-11-69-70-24-29(44(64)65)12-33(60)5-7-40(61)56-20-31-15-36(37(47)21-55-31)42(63)57-22-41(62)59-25-46(48,49)16-32(59)17-50/h2-4,6,8-9,13-15,18-19,21,29,32H,5,7,10-12,16,20,22-25,51H2,1H3,(H,53,66)(H,56,61)(H,57,63)(H,64,65)/t29?,32-/m0/s1. The number of aromatic nitrogens is 4. The molecule has 6 rings (SSSR count). The molecule has 0 saturated carbocycles. The summed E-state index contributed by atoms with van der Waals surface area (Å²) in [4.78, 5) is 92.7. The van der Waals surface area contributed by atoms with Gasteiger partial charge < -0.3 is 41.2 Å². The zero-order chi connectivity index (χ0) is 50.4. The van der Waals surface area contributed by atoms with Crippen LogP contribution in [-0.4, -0.2) is 116 Å². The van der Waals surface area contributed by atoms with E-state index in [9.17, 15) is 42.7 Å². The molecular formula is C46H45ClF2N10O9S2. The summed E-state index contributed by atoms with van der Waals surface area (Å²) in [7, 11) is 4.03. The van der Waals surface area contributed by atoms with Crippen LogP contribution in [0.15, 0.2) is 73.3 Å². The minimum Gasteiger partial charge on any atom is -0.481 e. The highest BCUT2D eigenvalue weighted by Crippen LogP contribution is 2.34. The number of nitrogens with one attached hydrogen (secondary N) is 3. The number of carbonyl (C=O) groups is 6. The van der Waals surface area contributed by atoms with Crippen LogP contribution in [0, 0.1) is 17.2 Å². The maximum Gasteiger partial charge on any atom is 0.407 e. The van der Waals surface area contributed by atoms with Crippen molar-refractivity contribution in [2.24, 2.45) is 5.92 Å². The molecule has 4 aromatic heterocycles. The van der Waals surface area contributed by atoms with Crippen LogP contribution in [0.3, 0.4) is 0 Å². The average molecular weight is 1020 g/mol. The minimum atomic E-state index is -3.22. The van der Waals surface area contributed by atoms with Gasteiger partial charge in [-0.05, 0) is 47.5 Å². The van der Waals surface area contributed by atoms with Crippen molar-refractivity contribution >= 4 is 85.3 Å². The van der Waals surface area contributed by atoms with Crippen LogP contribution in [0.2, 0.25) is 5.02 Å². The quantitative estimate of drug-likeness (QED) is 0.0401. The Bertz CT molecular complexity index is 2810. The fourth-order valence-electron chi connectivity index (χ4n) is 7.04. The summed E-state index contributed by atoms with van der Waals surface area (Å²) in [6, 6.07) is 14.8. The number of methoxy groups -OCH3 is 1. The zero-order valence-electron chi connectivity index (χ0n) is 37.3. The summed E-state index contributed by atoms with van der Waals surface area (Å²) >= 11 is 6.11. The summed E-state index contributed by atoms with van der Waals surface area (Å²) < 4.78 is 38.0. The number of benzene rings is 1. The SMILES string of the molecule is COc1ncc(-c2ccc3nccc(-c4ccc(COC(=O)NCCSSCC(CC(=O)CCC(=O)NCc5cc(C(=O)NCC(=O)N6CC(F)(F)C[C@H]6C#N)c(Cl)cn5)C(=O)O)nc4)c3c2)cc1N. The third-order valence-electron chi connectivity index (χ3n) is 10.7. The highest BCUT2D eigenvalue weighted by molar-refractivity contribution is 8.76. The fourth-order valence-corrected chi connectivity index (χ4v) is 9.44. The molecule has 1 saturated heterocycles. The third-order valence-corrected chi connectivity index (χ3v) is 13.4. The highest BCUT2D eigenvalue weighted by atomic mass is 35.5. The molecule has 2 atom stereocenters. The molecular weight excluding hydrogens is 974 g/mol. The van der Waals surface area contributed by atoms with Crippen LogP contribution in [0.1, 0.15) is 47.4 Å². The van der Waals surface area contributed by atoms with E-state index >= 15 is 0 Å². The highest BCUT2D eigenvalue weighted by Gasteiger charge is 2.47. The molecule has 1 aliphatic heterocycles. The Morgan fingerprint density at radius 3 is 2.46 bits per heavy atom. The number of Topliss-reactive ketones (excluding diaryl/α,β-unsaturated/α-hetero) is 1. The van der Waals surface area contributed by atoms with E-state index in [-0.39, 0.29) is 61.0 Å². The van der Waals surface area contributed by atoms with Crippen molar-refractivity contribution in [2.75, 3.05) is 44.0 Å². The first kappa shape index (κ1) is 52.2. The van der Waals surface area contributed by atoms with E-state index in [1.54, 1.807) is 36.8 Å². The van der Waals surface area contributed by atoms with E-state index in [2.05, 4.69) is 35.9 Å². The summed E-state index contributed by atoms with van der Waals surface area (Å²) in [5.41, 5.74) is 11.3. The fraction of sp³-hybridized carbons (Fsp3) is 0.326. The molecule has 4 amide bonds. The van der Waals surface area contributed by atoms with Crippen molar-refractivity contribution in [3.63, 3.8) is 0 Å². The van der Waals surface area contributed by atoms with Gasteiger partial charge in [0.2, 0.25) is 17.7 Å². The number of anilines is 1. The number of likely N-dealkylation sites (tertiary alicyclic amines) is 1. The zero-order valence-corrected chi connectivity index (χ0v) is 39.7. The number of pyridine rings is 4. The van der Waals surface area contributed by atoms with Crippen molar-refractivity contribution in [3.05, 3.63) is 95.3 Å². The lowest BCUT2D eigenvalue weighted by molar-refractivity contribution is -0.142. The van der Waals surface area contributed by atoms with Gasteiger partial charge in [-0.15, -0.1) is 0 Å². The number of amides is 4. The number of aliphatic carboxylic acids is 1. The third kappa shape index (κ3) is 14.4. The molecule has 0 spiro atoms. The molecule has 0 radical (unpaired) electrons. The summed E-state index contributed by atoms with van der Waals surface area (Å²) in [6.07, 6.45) is 4.01. The van der Waals surface area contributed by atoms with E-state index in [0.29, 0.717) is 27.9 Å². The molecule has 5 heterocycles. The number of halogens is 3. The number of ketones is 1.